The molecular formula is C108H180BN3. The van der Waals surface area contributed by atoms with Crippen molar-refractivity contribution in [1.82, 2.24) is 14.7 Å². The Kier molecular flexibility index (Phi) is 23.7. The molecule has 18 saturated carbocycles. The van der Waals surface area contributed by atoms with Gasteiger partial charge in [-0.15, -0.1) is 0 Å². The number of hydrogen-bond donors (Lipinski definition) is 0. The Bertz CT molecular complexity index is 2950. The number of nitrogens with zero attached hydrogens (tertiary/aromatic N) is 3. The Morgan fingerprint density at radius 2 is 0.562 bits per heavy atom. The van der Waals surface area contributed by atoms with E-state index in [0.717, 1.165) is 232 Å². The van der Waals surface area contributed by atoms with Crippen molar-refractivity contribution in [3.05, 3.63) is 0 Å². The predicted molar refractivity (Wildman–Crippen MR) is 473 cm³/mol. The highest BCUT2D eigenvalue weighted by Crippen LogP contribution is 2.72. The molecule has 4 heteroatoms. The molecule has 3 aliphatic heterocycles. The van der Waals surface area contributed by atoms with Crippen LogP contribution in [0.5, 0.6) is 0 Å². The molecular weight excluding hydrogens is 1350 g/mol. The lowest BCUT2D eigenvalue weighted by Gasteiger charge is -2.73. The number of likely N-dealkylation sites (tertiary alicyclic amines) is 1. The van der Waals surface area contributed by atoms with Crippen LogP contribution in [0.1, 0.15) is 440 Å². The van der Waals surface area contributed by atoms with Crippen molar-refractivity contribution in [3.8, 4) is 0 Å². The predicted octanol–water partition coefficient (Wildman–Crippen LogP) is 29.4. The zero-order valence-corrected chi connectivity index (χ0v) is 74.7. The van der Waals surface area contributed by atoms with Crippen molar-refractivity contribution >= 4 is 6.71 Å². The third-order valence-corrected chi connectivity index (χ3v) is 44.7. The van der Waals surface area contributed by atoms with Crippen LogP contribution in [0, 0.1) is 165 Å². The van der Waals surface area contributed by atoms with Crippen LogP contribution in [0.2, 0.25) is 17.5 Å². The Hall–Kier alpha value is -0.0551. The van der Waals surface area contributed by atoms with E-state index in [1.165, 1.54) is 6.42 Å². The van der Waals surface area contributed by atoms with E-state index in [4.69, 9.17) is 0 Å². The third kappa shape index (κ3) is 14.8. The maximum atomic E-state index is 4.10. The van der Waals surface area contributed by atoms with Gasteiger partial charge >= 0.3 is 0 Å². The van der Waals surface area contributed by atoms with Crippen LogP contribution in [-0.2, 0) is 0 Å². The maximum Gasteiger partial charge on any atom is 0.156 e. The van der Waals surface area contributed by atoms with Gasteiger partial charge in [0.1, 0.15) is 0 Å². The second kappa shape index (κ2) is 33.5. The summed E-state index contributed by atoms with van der Waals surface area (Å²) < 4.78 is 0. The smallest absolute Gasteiger partial charge is 0.156 e. The van der Waals surface area contributed by atoms with Crippen molar-refractivity contribution in [2.75, 3.05) is 0 Å². The van der Waals surface area contributed by atoms with Crippen molar-refractivity contribution < 1.29 is 0 Å². The fourth-order valence-corrected chi connectivity index (χ4v) is 40.4. The van der Waals surface area contributed by atoms with Crippen LogP contribution in [-0.4, -0.2) is 75.8 Å². The van der Waals surface area contributed by atoms with Crippen LogP contribution < -0.4 is 0 Å². The van der Waals surface area contributed by atoms with Crippen molar-refractivity contribution in [2.24, 2.45) is 165 Å². The fourth-order valence-electron chi connectivity index (χ4n) is 40.4. The second-order valence-corrected chi connectivity index (χ2v) is 50.9. The molecule has 0 spiro atoms. The van der Waals surface area contributed by atoms with Gasteiger partial charge in [0.2, 0.25) is 0 Å². The molecule has 112 heavy (non-hydrogen) atoms. The molecule has 0 radical (unpaired) electrons. The molecule has 18 aliphatic carbocycles. The third-order valence-electron chi connectivity index (χ3n) is 44.7. The maximum absolute atomic E-state index is 4.10. The molecule has 3 saturated heterocycles. The lowest BCUT2D eigenvalue weighted by atomic mass is 9.18. The summed E-state index contributed by atoms with van der Waals surface area (Å²) in [6.45, 7) is 17.4. The standard InChI is InChI=1S/C108H180BN3/c1-107(2,3)83-56-78-50-51-79-57-84(108(4,5)6)66-93-88(63-82(58-83)102(78)103(79)93)77-53-55-98-95(64-77)109-94-54-52-76(69-32-14-7-15-33-69)65-99(94)112(106-91(74-42-24-12-25-43-74)61-81(71-36-18-9-19-37-71)62-92(106)75-44-26-13-27-45-75)101-68-85(110-96-48-30-28-46-86(96)87-47-29-31-49-97(87)110)67-100(104(101)109)111(98)105-89(72-38-20-10-21-39-72)59-80(70-34-16-8-17-35-70)60-90(105)73-40-22-11-23-41-73/h69-106H,7-68H2,1-6H3. The Morgan fingerprint density at radius 1 is 0.196 bits per heavy atom. The van der Waals surface area contributed by atoms with Gasteiger partial charge in [0.15, 0.2) is 6.71 Å². The molecule has 21 aliphatic rings. The average Bonchev–Trinajstić information content (AvgIpc) is 0.797. The summed E-state index contributed by atoms with van der Waals surface area (Å²) in [5, 5.41) is 0. The highest BCUT2D eigenvalue weighted by Gasteiger charge is 2.71. The minimum atomic E-state index is 0.433. The monoisotopic (exact) mass is 1530 g/mol. The van der Waals surface area contributed by atoms with Crippen LogP contribution in [0.15, 0.2) is 0 Å². The van der Waals surface area contributed by atoms with Gasteiger partial charge in [0.05, 0.1) is 0 Å². The molecule has 21 fully saturated rings. The van der Waals surface area contributed by atoms with E-state index in [1.54, 1.807) is 392 Å². The summed E-state index contributed by atoms with van der Waals surface area (Å²) in [4.78, 5) is 11.9. The summed E-state index contributed by atoms with van der Waals surface area (Å²) >= 11 is 0. The lowest BCUT2D eigenvalue weighted by molar-refractivity contribution is -0.158. The SMILES string of the molecule is CC(C)(C)C1CC2CCC3CC(C(C)(C)C)CC4C(C5CCC6C(C5)B5C7CCC(C8CCCCC8)CC7N(C7C(C8CCCCC8)CC(C8CCCCC8)CC7C7CCCCC7)C7CC(N8C9CCCCC9C9CCCCC98)CC(C57)N6C5C(C6CCCCC6)CC(C6CCCCC6)CC5C5CCCCC5)CC(C1)C2C34. The van der Waals surface area contributed by atoms with Crippen LogP contribution >= 0.6 is 0 Å². The van der Waals surface area contributed by atoms with E-state index >= 15 is 0 Å². The molecule has 3 heterocycles. The van der Waals surface area contributed by atoms with E-state index in [1.807, 2.05) is 0 Å². The first-order chi connectivity index (χ1) is 54.8. The van der Waals surface area contributed by atoms with Gasteiger partial charge in [-0.25, -0.2) is 0 Å². The van der Waals surface area contributed by atoms with Gasteiger partial charge in [-0.2, -0.15) is 0 Å². The zero-order valence-electron chi connectivity index (χ0n) is 74.7. The molecule has 0 amide bonds. The minimum Gasteiger partial charge on any atom is -0.295 e. The van der Waals surface area contributed by atoms with E-state index in [2.05, 4.69) is 56.2 Å². The Morgan fingerprint density at radius 3 is 1.02 bits per heavy atom. The molecule has 0 N–H and O–H groups in total. The van der Waals surface area contributed by atoms with Crippen molar-refractivity contribution in [1.29, 1.82) is 0 Å². The highest BCUT2D eigenvalue weighted by atomic mass is 15.3. The first-order valence-corrected chi connectivity index (χ1v) is 54.1. The van der Waals surface area contributed by atoms with E-state index < -0.39 is 0 Å². The van der Waals surface area contributed by atoms with Crippen molar-refractivity contribution in [3.63, 3.8) is 0 Å². The van der Waals surface area contributed by atoms with Gasteiger partial charge < -0.3 is 0 Å². The van der Waals surface area contributed by atoms with Gasteiger partial charge in [-0.05, 0) is 311 Å². The number of rotatable bonds is 11. The highest BCUT2D eigenvalue weighted by molar-refractivity contribution is 6.65. The zero-order chi connectivity index (χ0) is 75.1. The van der Waals surface area contributed by atoms with Crippen LogP contribution in [0.3, 0.4) is 0 Å². The molecule has 0 bridgehead atoms. The van der Waals surface area contributed by atoms with E-state index in [0.29, 0.717) is 10.8 Å². The van der Waals surface area contributed by atoms with Crippen LogP contribution in [0.4, 0.5) is 0 Å². The Balaban J connectivity index is 0.767. The number of fused-ring (bicyclic) bond motifs is 7. The van der Waals surface area contributed by atoms with Gasteiger partial charge in [0.25, 0.3) is 0 Å². The first-order valence-electron chi connectivity index (χ1n) is 54.1. The molecule has 3 nitrogen and oxygen atoms in total. The van der Waals surface area contributed by atoms with Gasteiger partial charge in [0, 0.05) is 54.4 Å². The quantitative estimate of drug-likeness (QED) is 0.191. The minimum absolute atomic E-state index is 0.433. The summed E-state index contributed by atoms with van der Waals surface area (Å²) in [6, 6.07) is 7.71. The average molecular weight is 1530 g/mol. The number of hydrogen-bond acceptors (Lipinski definition) is 3. The summed E-state index contributed by atoms with van der Waals surface area (Å²) in [5.74, 6) is 28.9. The first kappa shape index (κ1) is 79.1. The molecule has 27 unspecified atom stereocenters. The van der Waals surface area contributed by atoms with E-state index in [9.17, 15) is 0 Å². The molecule has 0 aromatic carbocycles. The summed E-state index contributed by atoms with van der Waals surface area (Å²) in [6.07, 6.45) is 98.7. The van der Waals surface area contributed by atoms with Crippen LogP contribution in [0.25, 0.3) is 0 Å². The fraction of sp³-hybridized carbons (Fsp3) is 1.00. The molecule has 21 rings (SSSR count). The largest absolute Gasteiger partial charge is 0.295 e. The summed E-state index contributed by atoms with van der Waals surface area (Å²) in [5.41, 5.74) is 0.880. The molecule has 0 aromatic rings. The normalized spacial score (nSPS) is 49.3. The molecule has 27 atom stereocenters. The molecule has 630 valence electrons. The van der Waals surface area contributed by atoms with Gasteiger partial charge in [-0.3, -0.25) is 14.7 Å². The van der Waals surface area contributed by atoms with E-state index in [-0.39, 0.29) is 0 Å². The lowest BCUT2D eigenvalue weighted by Crippen LogP contribution is -2.78. The van der Waals surface area contributed by atoms with Gasteiger partial charge in [-0.1, -0.05) is 311 Å². The topological polar surface area (TPSA) is 9.72 Å². The Labute approximate surface area is 693 Å². The molecule has 0 aromatic heterocycles. The van der Waals surface area contributed by atoms with Crippen molar-refractivity contribution in [2.45, 2.75) is 511 Å². The second-order valence-electron chi connectivity index (χ2n) is 50.9. The summed E-state index contributed by atoms with van der Waals surface area (Å²) in [7, 11) is 0.